The molecule has 0 saturated carbocycles. The smallest absolute Gasteiger partial charge is 0.150 e. The topological polar surface area (TPSA) is 17.1 Å². The van der Waals surface area contributed by atoms with Crippen LogP contribution >= 0.6 is 11.3 Å². The van der Waals surface area contributed by atoms with Crippen LogP contribution in [0.25, 0.3) is 0 Å². The Labute approximate surface area is 52.8 Å². The Bertz CT molecular complexity index is 194. The summed E-state index contributed by atoms with van der Waals surface area (Å²) in [5.41, 5.74) is 1.89. The summed E-state index contributed by atoms with van der Waals surface area (Å²) in [6, 6.07) is 0. The molecule has 0 N–H and O–H groups in total. The van der Waals surface area contributed by atoms with Crippen molar-refractivity contribution in [3.8, 4) is 0 Å². The van der Waals surface area contributed by atoms with Crippen LogP contribution in [0.3, 0.4) is 0 Å². The third-order valence-corrected chi connectivity index (χ3v) is 1.90. The van der Waals surface area contributed by atoms with E-state index in [1.165, 1.54) is 0 Å². The highest BCUT2D eigenvalue weighted by atomic mass is 32.1. The van der Waals surface area contributed by atoms with E-state index < -0.39 is 0 Å². The number of aldehydes is 1. The van der Waals surface area contributed by atoms with Crippen molar-refractivity contribution in [3.63, 3.8) is 0 Å². The summed E-state index contributed by atoms with van der Waals surface area (Å²) >= 11 is 1.56. The van der Waals surface area contributed by atoms with Crippen LogP contribution in [0, 0.1) is 0 Å². The third kappa shape index (κ3) is 0.818. The minimum atomic E-state index is 0.815. The molecule has 1 nitrogen and oxygen atoms in total. The maximum Gasteiger partial charge on any atom is 0.150 e. The van der Waals surface area contributed by atoms with Crippen LogP contribution in [-0.2, 0) is 0 Å². The Morgan fingerprint density at radius 2 is 2.38 bits per heavy atom. The van der Waals surface area contributed by atoms with E-state index in [1.54, 1.807) is 11.3 Å². The molecule has 0 aliphatic carbocycles. The maximum atomic E-state index is 10.1. The number of hydrogen-bond donors (Lipinski definition) is 0. The zero-order valence-electron chi connectivity index (χ0n) is 4.55. The fourth-order valence-electron chi connectivity index (χ4n) is 0.491. The second-order valence-electron chi connectivity index (χ2n) is 1.63. The lowest BCUT2D eigenvalue weighted by Crippen LogP contribution is -2.02. The molecule has 0 bridgehead atoms. The third-order valence-electron chi connectivity index (χ3n) is 1.02. The van der Waals surface area contributed by atoms with Gasteiger partial charge in [0.1, 0.15) is 14.1 Å². The second-order valence-corrected chi connectivity index (χ2v) is 2.37. The first-order valence-electron chi connectivity index (χ1n) is 2.32. The summed E-state index contributed by atoms with van der Waals surface area (Å²) in [4.78, 5) is 10.1. The monoisotopic (exact) mass is 124 g/mol. The van der Waals surface area contributed by atoms with E-state index >= 15 is 0 Å². The molecule has 0 aliphatic rings. The minimum absolute atomic E-state index is 0.815. The molecule has 1 rings (SSSR count). The molecule has 40 valence electrons. The molecular formula is C5H5BOS. The van der Waals surface area contributed by atoms with Gasteiger partial charge >= 0.3 is 0 Å². The van der Waals surface area contributed by atoms with Crippen molar-refractivity contribution < 1.29 is 4.79 Å². The molecule has 1 heterocycles. The zero-order valence-corrected chi connectivity index (χ0v) is 5.37. The van der Waals surface area contributed by atoms with Gasteiger partial charge in [-0.15, -0.1) is 0 Å². The van der Waals surface area contributed by atoms with Crippen molar-refractivity contribution in [1.82, 2.24) is 0 Å². The van der Waals surface area contributed by atoms with Crippen molar-refractivity contribution in [2.45, 2.75) is 0 Å². The van der Waals surface area contributed by atoms with Gasteiger partial charge in [0.2, 0.25) is 0 Å². The number of thiophene rings is 1. The Morgan fingerprint density at radius 3 is 2.62 bits per heavy atom. The van der Waals surface area contributed by atoms with E-state index in [-0.39, 0.29) is 0 Å². The molecule has 0 aromatic carbocycles. The van der Waals surface area contributed by atoms with Gasteiger partial charge in [-0.1, -0.05) is 5.46 Å². The lowest BCUT2D eigenvalue weighted by atomic mass is 9.96. The summed E-state index contributed by atoms with van der Waals surface area (Å²) in [5.74, 6) is 0. The van der Waals surface area contributed by atoms with Gasteiger partial charge in [0.15, 0.2) is 0 Å². The van der Waals surface area contributed by atoms with Crippen LogP contribution < -0.4 is 5.46 Å². The molecule has 0 atom stereocenters. The van der Waals surface area contributed by atoms with Gasteiger partial charge in [0.05, 0.1) is 0 Å². The first-order valence-corrected chi connectivity index (χ1v) is 3.27. The van der Waals surface area contributed by atoms with Crippen molar-refractivity contribution in [1.29, 1.82) is 0 Å². The van der Waals surface area contributed by atoms with Crippen molar-refractivity contribution in [2.24, 2.45) is 0 Å². The average molecular weight is 124 g/mol. The molecule has 0 aliphatic heterocycles. The largest absolute Gasteiger partial charge is 0.298 e. The number of carbonyl (C=O) groups excluding carboxylic acids is 1. The highest BCUT2D eigenvalue weighted by Gasteiger charge is 1.92. The van der Waals surface area contributed by atoms with Gasteiger partial charge < -0.3 is 0 Å². The van der Waals surface area contributed by atoms with E-state index in [4.69, 9.17) is 0 Å². The van der Waals surface area contributed by atoms with Crippen LogP contribution in [0.1, 0.15) is 10.4 Å². The average Bonchev–Trinajstić information content (AvgIpc) is 2.14. The molecule has 0 fully saturated rings. The van der Waals surface area contributed by atoms with E-state index in [2.05, 4.69) is 0 Å². The van der Waals surface area contributed by atoms with Gasteiger partial charge in [-0.3, -0.25) is 4.79 Å². The van der Waals surface area contributed by atoms with Gasteiger partial charge in [-0.25, -0.2) is 0 Å². The van der Waals surface area contributed by atoms with Crippen molar-refractivity contribution >= 4 is 30.9 Å². The predicted octanol–water partition coefficient (Wildman–Crippen LogP) is -0.181. The quantitative estimate of drug-likeness (QED) is 0.375. The molecule has 1 aromatic heterocycles. The second kappa shape index (κ2) is 2.14. The predicted molar refractivity (Wildman–Crippen MR) is 37.9 cm³/mol. The molecule has 0 amide bonds. The summed E-state index contributed by atoms with van der Waals surface area (Å²) in [6.45, 7) is 0. The van der Waals surface area contributed by atoms with Crippen LogP contribution in [0.2, 0.25) is 0 Å². The fraction of sp³-hybridized carbons (Fsp3) is 0. The summed E-state index contributed by atoms with van der Waals surface area (Å²) in [6.07, 6.45) is 0.881. The van der Waals surface area contributed by atoms with Crippen LogP contribution in [-0.4, -0.2) is 14.1 Å². The van der Waals surface area contributed by atoms with Gasteiger partial charge in [-0.05, 0) is 5.38 Å². The first-order chi connectivity index (χ1) is 3.84. The van der Waals surface area contributed by atoms with Crippen molar-refractivity contribution in [2.75, 3.05) is 0 Å². The van der Waals surface area contributed by atoms with Crippen LogP contribution in [0.4, 0.5) is 0 Å². The molecule has 3 heteroatoms. The van der Waals surface area contributed by atoms with Crippen molar-refractivity contribution in [3.05, 3.63) is 16.3 Å². The molecule has 0 radical (unpaired) electrons. The fourth-order valence-corrected chi connectivity index (χ4v) is 1.29. The SMILES string of the molecule is Bc1cscc1C=O. The number of carbonyl (C=O) groups is 1. The lowest BCUT2D eigenvalue weighted by Gasteiger charge is -1.79. The normalized spacial score (nSPS) is 9.00. The standard InChI is InChI=1S/C5H5BOS/c6-5-3-8-2-4(5)1-7/h1-3H,6H2. The lowest BCUT2D eigenvalue weighted by molar-refractivity contribution is 0.112. The van der Waals surface area contributed by atoms with E-state index in [9.17, 15) is 4.79 Å². The van der Waals surface area contributed by atoms with E-state index in [1.807, 2.05) is 18.6 Å². The summed E-state index contributed by atoms with van der Waals surface area (Å²) < 4.78 is 0. The van der Waals surface area contributed by atoms with E-state index in [0.717, 1.165) is 17.3 Å². The highest BCUT2D eigenvalue weighted by Crippen LogP contribution is 1.97. The Hall–Kier alpha value is -0.565. The number of hydrogen-bond acceptors (Lipinski definition) is 2. The van der Waals surface area contributed by atoms with Crippen LogP contribution in [0.5, 0.6) is 0 Å². The molecule has 0 spiro atoms. The van der Waals surface area contributed by atoms with E-state index in [0.29, 0.717) is 0 Å². The minimum Gasteiger partial charge on any atom is -0.298 e. The number of rotatable bonds is 1. The highest BCUT2D eigenvalue weighted by molar-refractivity contribution is 7.09. The Balaban J connectivity index is 3.09. The molecule has 1 aromatic rings. The molecular weight excluding hydrogens is 119 g/mol. The summed E-state index contributed by atoms with van der Waals surface area (Å²) in [7, 11) is 1.93. The maximum absolute atomic E-state index is 10.1. The molecule has 0 unspecified atom stereocenters. The zero-order chi connectivity index (χ0) is 5.98. The summed E-state index contributed by atoms with van der Waals surface area (Å²) in [5, 5.41) is 3.81. The van der Waals surface area contributed by atoms with Crippen LogP contribution in [0.15, 0.2) is 10.8 Å². The van der Waals surface area contributed by atoms with Gasteiger partial charge in [0, 0.05) is 10.9 Å². The Kier molecular flexibility index (Phi) is 1.49. The molecule has 0 saturated heterocycles. The molecule has 8 heavy (non-hydrogen) atoms. The Morgan fingerprint density at radius 1 is 1.62 bits per heavy atom. The van der Waals surface area contributed by atoms with Gasteiger partial charge in [0.25, 0.3) is 0 Å². The van der Waals surface area contributed by atoms with Gasteiger partial charge in [-0.2, -0.15) is 11.3 Å². The first kappa shape index (κ1) is 5.57.